The van der Waals surface area contributed by atoms with Gasteiger partial charge in [0.1, 0.15) is 11.5 Å². The number of hydrogen-bond acceptors (Lipinski definition) is 7. The van der Waals surface area contributed by atoms with Gasteiger partial charge in [-0.15, -0.1) is 0 Å². The lowest BCUT2D eigenvalue weighted by Gasteiger charge is -2.32. The summed E-state index contributed by atoms with van der Waals surface area (Å²) in [4.78, 5) is 43.5. The number of amides is 1. The van der Waals surface area contributed by atoms with Gasteiger partial charge in [-0.2, -0.15) is 0 Å². The first-order valence-electron chi connectivity index (χ1n) is 15.2. The number of rotatable bonds is 10. The molecular weight excluding hydrogens is 603 g/mol. The van der Waals surface area contributed by atoms with Crippen molar-refractivity contribution in [2.24, 2.45) is 0 Å². The third kappa shape index (κ3) is 9.21. The van der Waals surface area contributed by atoms with E-state index >= 15 is 0 Å². The van der Waals surface area contributed by atoms with Crippen LogP contribution < -0.4 is 10.6 Å². The summed E-state index contributed by atoms with van der Waals surface area (Å²) in [7, 11) is 0. The minimum Gasteiger partial charge on any atom is -0.478 e. The number of nitrogens with one attached hydrogen (secondary N) is 2. The Labute approximate surface area is 270 Å². The van der Waals surface area contributed by atoms with E-state index in [9.17, 15) is 18.8 Å². The van der Waals surface area contributed by atoms with Crippen LogP contribution in [0.1, 0.15) is 28.9 Å². The second-order valence-electron chi connectivity index (χ2n) is 11.1. The maximum atomic E-state index is 13.4. The Bertz CT molecular complexity index is 1870. The summed E-state index contributed by atoms with van der Waals surface area (Å²) >= 11 is 0. The van der Waals surface area contributed by atoms with E-state index in [1.54, 1.807) is 6.07 Å². The summed E-state index contributed by atoms with van der Waals surface area (Å²) in [5, 5.41) is 23.3. The molecule has 0 bridgehead atoms. The van der Waals surface area contributed by atoms with E-state index in [1.807, 2.05) is 60.7 Å². The molecule has 3 heterocycles. The average Bonchev–Trinajstić information content (AvgIpc) is 3.41. The fraction of sp³-hybridized carbons (Fsp3) is 0.229. The van der Waals surface area contributed by atoms with Crippen LogP contribution in [0.15, 0.2) is 97.1 Å². The molecule has 5 aromatic rings. The van der Waals surface area contributed by atoms with Gasteiger partial charge >= 0.3 is 11.9 Å². The van der Waals surface area contributed by atoms with Crippen LogP contribution in [0.3, 0.4) is 0 Å². The number of carbonyl (C=O) groups excluding carboxylic acids is 1. The average molecular weight is 639 g/mol. The summed E-state index contributed by atoms with van der Waals surface area (Å²) in [6.45, 7) is 3.89. The SMILES string of the molecule is O=C(NCCN1CCC(Nc2nc3ccccc3n2Cc2ccc(F)cc2)CC1)c1ccc2ccccc2n1.O=C(O)/C=C/C(=O)O. The molecule has 1 saturated heterocycles. The van der Waals surface area contributed by atoms with Crippen LogP contribution in [0.5, 0.6) is 0 Å². The van der Waals surface area contributed by atoms with E-state index in [4.69, 9.17) is 15.2 Å². The van der Waals surface area contributed by atoms with Crippen molar-refractivity contribution >= 4 is 45.7 Å². The number of anilines is 1. The Hall–Kier alpha value is -5.62. The van der Waals surface area contributed by atoms with E-state index in [0.717, 1.165) is 65.9 Å². The Kier molecular flexibility index (Phi) is 10.9. The quantitative estimate of drug-likeness (QED) is 0.158. The fourth-order valence-electron chi connectivity index (χ4n) is 5.35. The van der Waals surface area contributed by atoms with Crippen LogP contribution in [0.2, 0.25) is 0 Å². The Morgan fingerprint density at radius 2 is 1.49 bits per heavy atom. The monoisotopic (exact) mass is 638 g/mol. The van der Waals surface area contributed by atoms with Gasteiger partial charge in [0.2, 0.25) is 5.95 Å². The molecule has 0 saturated carbocycles. The molecule has 2 aromatic heterocycles. The van der Waals surface area contributed by atoms with E-state index in [0.29, 0.717) is 37.0 Å². The molecule has 1 aliphatic rings. The molecule has 1 amide bonds. The molecule has 0 unspecified atom stereocenters. The molecule has 242 valence electrons. The van der Waals surface area contributed by atoms with Gasteiger partial charge in [-0.25, -0.2) is 23.9 Å². The molecule has 0 aliphatic carbocycles. The van der Waals surface area contributed by atoms with Crippen molar-refractivity contribution in [3.8, 4) is 0 Å². The predicted octanol–water partition coefficient (Wildman–Crippen LogP) is 4.79. The minimum atomic E-state index is -1.26. The normalized spacial score (nSPS) is 13.7. The standard InChI is InChI=1S/C31H31FN6O.C4H4O4/c32-24-12-9-22(10-13-24)21-38-29-8-4-3-7-27(29)36-31(38)34-25-15-18-37(19-16-25)20-17-33-30(39)28-14-11-23-5-1-2-6-26(23)35-28;5-3(6)1-2-4(7)8/h1-14,25H,15-21H2,(H,33,39)(H,34,36);1-2H,(H,5,6)(H,7,8)/b;2-1+. The number of carboxylic acid groups (broad SMARTS) is 2. The van der Waals surface area contributed by atoms with Gasteiger partial charge in [-0.1, -0.05) is 48.5 Å². The number of piperidine rings is 1. The third-order valence-electron chi connectivity index (χ3n) is 7.74. The number of carbonyl (C=O) groups is 3. The number of likely N-dealkylation sites (tertiary alicyclic amines) is 1. The van der Waals surface area contributed by atoms with E-state index < -0.39 is 11.9 Å². The van der Waals surface area contributed by atoms with Gasteiger partial charge in [0.25, 0.3) is 5.91 Å². The predicted molar refractivity (Wildman–Crippen MR) is 177 cm³/mol. The lowest BCUT2D eigenvalue weighted by atomic mass is 10.1. The number of benzene rings is 3. The maximum absolute atomic E-state index is 13.4. The largest absolute Gasteiger partial charge is 0.478 e. The van der Waals surface area contributed by atoms with Crippen molar-refractivity contribution < 1.29 is 29.0 Å². The molecule has 4 N–H and O–H groups in total. The second-order valence-corrected chi connectivity index (χ2v) is 11.1. The van der Waals surface area contributed by atoms with Crippen LogP contribution >= 0.6 is 0 Å². The van der Waals surface area contributed by atoms with Crippen molar-refractivity contribution in [2.75, 3.05) is 31.5 Å². The van der Waals surface area contributed by atoms with Gasteiger partial charge in [-0.05, 0) is 54.8 Å². The van der Waals surface area contributed by atoms with Crippen LogP contribution in [0.4, 0.5) is 10.3 Å². The van der Waals surface area contributed by atoms with Crippen LogP contribution in [0, 0.1) is 5.82 Å². The topological polar surface area (TPSA) is 150 Å². The van der Waals surface area contributed by atoms with E-state index in [-0.39, 0.29) is 11.7 Å². The highest BCUT2D eigenvalue weighted by Gasteiger charge is 2.21. The molecule has 0 atom stereocenters. The van der Waals surface area contributed by atoms with Crippen LogP contribution in [-0.4, -0.2) is 79.7 Å². The van der Waals surface area contributed by atoms with Crippen molar-refractivity contribution in [3.63, 3.8) is 0 Å². The van der Waals surface area contributed by atoms with Gasteiger partial charge in [0, 0.05) is 49.8 Å². The number of para-hydroxylation sites is 3. The molecule has 11 nitrogen and oxygen atoms in total. The second kappa shape index (κ2) is 15.6. The molecular formula is C35H35FN6O5. The van der Waals surface area contributed by atoms with Gasteiger partial charge < -0.3 is 30.3 Å². The summed E-state index contributed by atoms with van der Waals surface area (Å²) < 4.78 is 15.6. The van der Waals surface area contributed by atoms with Crippen molar-refractivity contribution in [2.45, 2.75) is 25.4 Å². The molecule has 1 aliphatic heterocycles. The zero-order valence-corrected chi connectivity index (χ0v) is 25.6. The number of halogens is 1. The van der Waals surface area contributed by atoms with Crippen LogP contribution in [0.25, 0.3) is 21.9 Å². The number of aromatic nitrogens is 3. The summed E-state index contributed by atoms with van der Waals surface area (Å²) in [6.07, 6.45) is 3.09. The molecule has 0 radical (unpaired) electrons. The number of pyridine rings is 1. The minimum absolute atomic E-state index is 0.141. The lowest BCUT2D eigenvalue weighted by molar-refractivity contribution is -0.134. The highest BCUT2D eigenvalue weighted by molar-refractivity contribution is 5.94. The lowest BCUT2D eigenvalue weighted by Crippen LogP contribution is -2.43. The Balaban J connectivity index is 0.000000483. The summed E-state index contributed by atoms with van der Waals surface area (Å²) in [5.74, 6) is -2.05. The number of fused-ring (bicyclic) bond motifs is 2. The first-order valence-corrected chi connectivity index (χ1v) is 15.2. The highest BCUT2D eigenvalue weighted by atomic mass is 19.1. The molecule has 47 heavy (non-hydrogen) atoms. The molecule has 3 aromatic carbocycles. The first kappa shape index (κ1) is 32.8. The smallest absolute Gasteiger partial charge is 0.328 e. The molecule has 12 heteroatoms. The Morgan fingerprint density at radius 3 is 2.19 bits per heavy atom. The summed E-state index contributed by atoms with van der Waals surface area (Å²) in [6, 6.07) is 26.6. The highest BCUT2D eigenvalue weighted by Crippen LogP contribution is 2.24. The molecule has 6 rings (SSSR count). The number of aliphatic carboxylic acids is 2. The number of carboxylic acids is 2. The van der Waals surface area contributed by atoms with Crippen LogP contribution in [-0.2, 0) is 16.1 Å². The van der Waals surface area contributed by atoms with Gasteiger partial charge in [0.05, 0.1) is 23.1 Å². The molecule has 0 spiro atoms. The van der Waals surface area contributed by atoms with E-state index in [1.165, 1.54) is 12.1 Å². The number of imidazole rings is 1. The number of hydrogen-bond donors (Lipinski definition) is 4. The van der Waals surface area contributed by atoms with E-state index in [2.05, 4.69) is 31.2 Å². The molecule has 1 fully saturated rings. The summed E-state index contributed by atoms with van der Waals surface area (Å²) in [5.41, 5.74) is 4.29. The van der Waals surface area contributed by atoms with Crippen molar-refractivity contribution in [3.05, 3.63) is 114 Å². The van der Waals surface area contributed by atoms with Gasteiger partial charge in [0.15, 0.2) is 0 Å². The van der Waals surface area contributed by atoms with Crippen molar-refractivity contribution in [1.82, 2.24) is 24.8 Å². The first-order chi connectivity index (χ1) is 22.7. The van der Waals surface area contributed by atoms with Gasteiger partial charge in [-0.3, -0.25) is 4.79 Å². The maximum Gasteiger partial charge on any atom is 0.328 e. The van der Waals surface area contributed by atoms with Crippen molar-refractivity contribution in [1.29, 1.82) is 0 Å². The number of nitrogens with zero attached hydrogens (tertiary/aromatic N) is 4. The fourth-order valence-corrected chi connectivity index (χ4v) is 5.35. The Morgan fingerprint density at radius 1 is 0.830 bits per heavy atom. The zero-order chi connectivity index (χ0) is 33.2. The zero-order valence-electron chi connectivity index (χ0n) is 25.6. The third-order valence-corrected chi connectivity index (χ3v) is 7.74.